The van der Waals surface area contributed by atoms with Crippen molar-refractivity contribution in [2.24, 2.45) is 0 Å². The van der Waals surface area contributed by atoms with E-state index in [0.29, 0.717) is 0 Å². The van der Waals surface area contributed by atoms with Crippen molar-refractivity contribution >= 4 is 0 Å². The minimum absolute atomic E-state index is 0.202. The molecule has 2 rings (SSSR count). The van der Waals surface area contributed by atoms with Gasteiger partial charge >= 0.3 is 0 Å². The zero-order valence-electron chi connectivity index (χ0n) is 9.66. The van der Waals surface area contributed by atoms with Gasteiger partial charge in [0.1, 0.15) is 0 Å². The number of benzene rings is 1. The van der Waals surface area contributed by atoms with E-state index in [2.05, 4.69) is 54.6 Å². The third-order valence-electron chi connectivity index (χ3n) is 3.65. The van der Waals surface area contributed by atoms with Crippen molar-refractivity contribution in [2.45, 2.75) is 18.4 Å². The Morgan fingerprint density at radius 3 is 2.27 bits per heavy atom. The highest BCUT2D eigenvalue weighted by molar-refractivity contribution is 5.25. The molecule has 0 radical (unpaired) electrons. The minimum Gasteiger partial charge on any atom is -0.310 e. The summed E-state index contributed by atoms with van der Waals surface area (Å²) in [6, 6.07) is 10.8. The third kappa shape index (κ3) is 2.06. The van der Waals surface area contributed by atoms with Gasteiger partial charge in [-0.1, -0.05) is 30.3 Å². The maximum absolute atomic E-state index is 3.53. The van der Waals surface area contributed by atoms with Crippen LogP contribution in [0.15, 0.2) is 30.3 Å². The standard InChI is InChI=1S/C13H20N2/c1-14-13(8-10-15(2)11-9-13)12-6-4-3-5-7-12/h3-7,14H,8-11H2,1-2H3. The first-order valence-corrected chi connectivity index (χ1v) is 5.70. The molecule has 1 N–H and O–H groups in total. The Balaban J connectivity index is 2.23. The van der Waals surface area contributed by atoms with Crippen molar-refractivity contribution in [2.75, 3.05) is 27.2 Å². The lowest BCUT2D eigenvalue weighted by molar-refractivity contribution is 0.164. The Hall–Kier alpha value is -0.860. The molecule has 0 bridgehead atoms. The van der Waals surface area contributed by atoms with E-state index in [4.69, 9.17) is 0 Å². The van der Waals surface area contributed by atoms with Gasteiger partial charge in [0, 0.05) is 5.54 Å². The zero-order chi connectivity index (χ0) is 10.7. The minimum atomic E-state index is 0.202. The Morgan fingerprint density at radius 2 is 1.73 bits per heavy atom. The number of nitrogens with one attached hydrogen (secondary N) is 1. The van der Waals surface area contributed by atoms with Gasteiger partial charge in [-0.05, 0) is 45.6 Å². The number of hydrogen-bond acceptors (Lipinski definition) is 2. The Bertz CT molecular complexity index is 300. The van der Waals surface area contributed by atoms with Crippen LogP contribution < -0.4 is 5.32 Å². The molecule has 15 heavy (non-hydrogen) atoms. The van der Waals surface area contributed by atoms with Gasteiger partial charge in [-0.25, -0.2) is 0 Å². The van der Waals surface area contributed by atoms with Crippen LogP contribution in [-0.4, -0.2) is 32.1 Å². The van der Waals surface area contributed by atoms with Crippen molar-refractivity contribution in [3.63, 3.8) is 0 Å². The third-order valence-corrected chi connectivity index (χ3v) is 3.65. The Morgan fingerprint density at radius 1 is 1.13 bits per heavy atom. The molecule has 0 aromatic heterocycles. The molecule has 1 aliphatic heterocycles. The van der Waals surface area contributed by atoms with Crippen molar-refractivity contribution in [3.05, 3.63) is 35.9 Å². The maximum Gasteiger partial charge on any atom is 0.0456 e. The van der Waals surface area contributed by atoms with Gasteiger partial charge in [0.05, 0.1) is 0 Å². The summed E-state index contributed by atoms with van der Waals surface area (Å²) < 4.78 is 0. The molecule has 0 saturated carbocycles. The molecule has 1 heterocycles. The van der Waals surface area contributed by atoms with Gasteiger partial charge in [0.15, 0.2) is 0 Å². The quantitative estimate of drug-likeness (QED) is 0.790. The van der Waals surface area contributed by atoms with Gasteiger partial charge in [0.2, 0.25) is 0 Å². The number of piperidine rings is 1. The molecular weight excluding hydrogens is 184 g/mol. The fraction of sp³-hybridized carbons (Fsp3) is 0.538. The van der Waals surface area contributed by atoms with E-state index in [-0.39, 0.29) is 5.54 Å². The average Bonchev–Trinajstić information content (AvgIpc) is 2.32. The van der Waals surface area contributed by atoms with Crippen molar-refractivity contribution < 1.29 is 0 Å². The lowest BCUT2D eigenvalue weighted by Gasteiger charge is -2.41. The molecule has 1 aromatic carbocycles. The summed E-state index contributed by atoms with van der Waals surface area (Å²) in [6.07, 6.45) is 2.40. The van der Waals surface area contributed by atoms with Crippen molar-refractivity contribution in [3.8, 4) is 0 Å². The molecule has 0 unspecified atom stereocenters. The summed E-state index contributed by atoms with van der Waals surface area (Å²) in [5.41, 5.74) is 1.63. The molecule has 2 nitrogen and oxygen atoms in total. The fourth-order valence-electron chi connectivity index (χ4n) is 2.44. The normalized spacial score (nSPS) is 21.5. The predicted molar refractivity (Wildman–Crippen MR) is 63.9 cm³/mol. The summed E-state index contributed by atoms with van der Waals surface area (Å²) in [6.45, 7) is 2.35. The maximum atomic E-state index is 3.53. The molecule has 1 aliphatic rings. The van der Waals surface area contributed by atoms with E-state index >= 15 is 0 Å². The molecule has 0 atom stereocenters. The highest BCUT2D eigenvalue weighted by Crippen LogP contribution is 2.31. The van der Waals surface area contributed by atoms with Crippen LogP contribution in [0.4, 0.5) is 0 Å². The van der Waals surface area contributed by atoms with Crippen molar-refractivity contribution in [1.29, 1.82) is 0 Å². The summed E-state index contributed by atoms with van der Waals surface area (Å²) in [4.78, 5) is 2.40. The van der Waals surface area contributed by atoms with E-state index in [9.17, 15) is 0 Å². The molecule has 2 heteroatoms. The zero-order valence-corrected chi connectivity index (χ0v) is 9.66. The summed E-state index contributed by atoms with van der Waals surface area (Å²) >= 11 is 0. The molecule has 1 fully saturated rings. The van der Waals surface area contributed by atoms with Gasteiger partial charge in [-0.15, -0.1) is 0 Å². The number of nitrogens with zero attached hydrogens (tertiary/aromatic N) is 1. The van der Waals surface area contributed by atoms with Crippen LogP contribution in [0.5, 0.6) is 0 Å². The Labute approximate surface area is 92.3 Å². The lowest BCUT2D eigenvalue weighted by Crippen LogP contribution is -2.48. The summed E-state index contributed by atoms with van der Waals surface area (Å²) in [5.74, 6) is 0. The lowest BCUT2D eigenvalue weighted by atomic mass is 9.81. The smallest absolute Gasteiger partial charge is 0.0456 e. The van der Waals surface area contributed by atoms with E-state index in [1.54, 1.807) is 0 Å². The molecule has 0 spiro atoms. The predicted octanol–water partition coefficient (Wildman–Crippen LogP) is 1.83. The average molecular weight is 204 g/mol. The van der Waals surface area contributed by atoms with E-state index in [1.807, 2.05) is 0 Å². The van der Waals surface area contributed by atoms with Crippen LogP contribution in [-0.2, 0) is 5.54 Å². The molecule has 1 saturated heterocycles. The molecular formula is C13H20N2. The van der Waals surface area contributed by atoms with Crippen LogP contribution in [0, 0.1) is 0 Å². The van der Waals surface area contributed by atoms with Crippen molar-refractivity contribution in [1.82, 2.24) is 10.2 Å². The summed E-state index contributed by atoms with van der Waals surface area (Å²) in [7, 11) is 4.28. The second-order valence-electron chi connectivity index (χ2n) is 4.50. The van der Waals surface area contributed by atoms with Crippen LogP contribution in [0.2, 0.25) is 0 Å². The number of likely N-dealkylation sites (tertiary alicyclic amines) is 1. The monoisotopic (exact) mass is 204 g/mol. The largest absolute Gasteiger partial charge is 0.310 e. The topological polar surface area (TPSA) is 15.3 Å². The number of rotatable bonds is 2. The highest BCUT2D eigenvalue weighted by atomic mass is 15.1. The van der Waals surface area contributed by atoms with Crippen LogP contribution in [0.1, 0.15) is 18.4 Å². The van der Waals surface area contributed by atoms with Gasteiger partial charge in [-0.3, -0.25) is 0 Å². The van der Waals surface area contributed by atoms with Crippen LogP contribution >= 0.6 is 0 Å². The molecule has 1 aromatic rings. The number of hydrogen-bond donors (Lipinski definition) is 1. The van der Waals surface area contributed by atoms with Gasteiger partial charge in [-0.2, -0.15) is 0 Å². The molecule has 82 valence electrons. The first-order valence-electron chi connectivity index (χ1n) is 5.70. The highest BCUT2D eigenvalue weighted by Gasteiger charge is 2.33. The van der Waals surface area contributed by atoms with Crippen LogP contribution in [0.25, 0.3) is 0 Å². The van der Waals surface area contributed by atoms with Gasteiger partial charge in [0.25, 0.3) is 0 Å². The van der Waals surface area contributed by atoms with Gasteiger partial charge < -0.3 is 10.2 Å². The van der Waals surface area contributed by atoms with Crippen LogP contribution in [0.3, 0.4) is 0 Å². The fourth-order valence-corrected chi connectivity index (χ4v) is 2.44. The van der Waals surface area contributed by atoms with E-state index < -0.39 is 0 Å². The first-order chi connectivity index (χ1) is 7.27. The second-order valence-corrected chi connectivity index (χ2v) is 4.50. The molecule has 0 aliphatic carbocycles. The van der Waals surface area contributed by atoms with E-state index in [0.717, 1.165) is 0 Å². The second kappa shape index (κ2) is 4.33. The first kappa shape index (κ1) is 10.7. The van der Waals surface area contributed by atoms with E-state index in [1.165, 1.54) is 31.5 Å². The summed E-state index contributed by atoms with van der Waals surface area (Å²) in [5, 5.41) is 3.53. The SMILES string of the molecule is CNC1(c2ccccc2)CCN(C)CC1. The molecule has 0 amide bonds. The Kier molecular flexibility index (Phi) is 3.08.